The monoisotopic (exact) mass is 199 g/mol. The first-order valence-electron chi connectivity index (χ1n) is 3.79. The molecule has 0 aliphatic carbocycles. The molecular weight excluding hydrogens is 187 g/mol. The molecule has 2 unspecified atom stereocenters. The Hall–Kier alpha value is -0.780. The lowest BCUT2D eigenvalue weighted by molar-refractivity contribution is -0.174. The molecule has 1 amide bonds. The van der Waals surface area contributed by atoms with Gasteiger partial charge in [0.25, 0.3) is 0 Å². The molecule has 78 valence electrons. The number of hydrogen-bond acceptors (Lipinski definition) is 2. The van der Waals surface area contributed by atoms with Crippen molar-refractivity contribution in [3.8, 4) is 0 Å². The number of halogens is 3. The van der Waals surface area contributed by atoms with E-state index < -0.39 is 24.2 Å². The molecule has 0 heterocycles. The maximum atomic E-state index is 11.7. The third-order valence-electron chi connectivity index (χ3n) is 1.33. The highest BCUT2D eigenvalue weighted by Gasteiger charge is 2.39. The van der Waals surface area contributed by atoms with Crippen LogP contribution in [-0.4, -0.2) is 29.3 Å². The van der Waals surface area contributed by atoms with Crippen LogP contribution in [0.1, 0.15) is 20.3 Å². The molecular formula is C7H12F3NO2. The van der Waals surface area contributed by atoms with E-state index in [2.05, 4.69) is 0 Å². The van der Waals surface area contributed by atoms with Gasteiger partial charge in [-0.15, -0.1) is 0 Å². The summed E-state index contributed by atoms with van der Waals surface area (Å²) in [5.41, 5.74) is 0. The van der Waals surface area contributed by atoms with Crippen LogP contribution in [-0.2, 0) is 4.79 Å². The van der Waals surface area contributed by atoms with E-state index in [4.69, 9.17) is 5.11 Å². The van der Waals surface area contributed by atoms with Crippen LogP contribution in [0.5, 0.6) is 0 Å². The summed E-state index contributed by atoms with van der Waals surface area (Å²) in [5, 5.41) is 10.5. The summed E-state index contributed by atoms with van der Waals surface area (Å²) in [6.45, 7) is 2.84. The fourth-order valence-electron chi connectivity index (χ4n) is 0.876. The van der Waals surface area contributed by atoms with Crippen LogP contribution in [0.25, 0.3) is 0 Å². The number of alkyl halides is 3. The van der Waals surface area contributed by atoms with Crippen LogP contribution < -0.4 is 5.32 Å². The molecule has 0 saturated heterocycles. The molecule has 0 spiro atoms. The number of amides is 1. The van der Waals surface area contributed by atoms with Gasteiger partial charge in [-0.1, -0.05) is 0 Å². The third kappa shape index (κ3) is 5.46. The van der Waals surface area contributed by atoms with Crippen molar-refractivity contribution in [3.63, 3.8) is 0 Å². The van der Waals surface area contributed by atoms with Crippen LogP contribution in [0, 0.1) is 0 Å². The Bertz CT molecular complexity index is 179. The van der Waals surface area contributed by atoms with E-state index in [0.29, 0.717) is 0 Å². The summed E-state index contributed by atoms with van der Waals surface area (Å²) in [6.07, 6.45) is -5.49. The van der Waals surface area contributed by atoms with Crippen LogP contribution in [0.4, 0.5) is 13.2 Å². The molecule has 13 heavy (non-hydrogen) atoms. The Morgan fingerprint density at radius 2 is 1.92 bits per heavy atom. The second-order valence-corrected chi connectivity index (χ2v) is 2.96. The average Bonchev–Trinajstić information content (AvgIpc) is 1.82. The van der Waals surface area contributed by atoms with Crippen LogP contribution in [0.15, 0.2) is 0 Å². The van der Waals surface area contributed by atoms with Crippen molar-refractivity contribution in [3.05, 3.63) is 0 Å². The van der Waals surface area contributed by atoms with E-state index in [0.717, 1.165) is 0 Å². The normalized spacial score (nSPS) is 16.5. The fraction of sp³-hybridized carbons (Fsp3) is 0.857. The second kappa shape index (κ2) is 4.45. The SMILES string of the molecule is CC(O)CC(C)NC(=O)C(F)(F)F. The first kappa shape index (κ1) is 12.2. The van der Waals surface area contributed by atoms with Crippen molar-refractivity contribution in [1.29, 1.82) is 0 Å². The molecule has 0 aromatic heterocycles. The Kier molecular flexibility index (Phi) is 4.19. The largest absolute Gasteiger partial charge is 0.471 e. The highest BCUT2D eigenvalue weighted by molar-refractivity contribution is 5.81. The van der Waals surface area contributed by atoms with Gasteiger partial charge in [0.05, 0.1) is 6.10 Å². The first-order valence-corrected chi connectivity index (χ1v) is 3.79. The molecule has 0 saturated carbocycles. The van der Waals surface area contributed by atoms with Crippen molar-refractivity contribution in [2.75, 3.05) is 0 Å². The maximum Gasteiger partial charge on any atom is 0.471 e. The van der Waals surface area contributed by atoms with Crippen LogP contribution in [0.2, 0.25) is 0 Å². The van der Waals surface area contributed by atoms with E-state index in [1.165, 1.54) is 13.8 Å². The highest BCUT2D eigenvalue weighted by atomic mass is 19.4. The minimum absolute atomic E-state index is 0.0990. The minimum Gasteiger partial charge on any atom is -0.393 e. The predicted molar refractivity (Wildman–Crippen MR) is 40.0 cm³/mol. The number of aliphatic hydroxyl groups excluding tert-OH is 1. The summed E-state index contributed by atoms with van der Waals surface area (Å²) >= 11 is 0. The molecule has 0 aromatic rings. The first-order chi connectivity index (χ1) is 5.73. The Morgan fingerprint density at radius 3 is 2.23 bits per heavy atom. The van der Waals surface area contributed by atoms with Crippen molar-refractivity contribution in [2.45, 2.75) is 38.6 Å². The number of rotatable bonds is 3. The van der Waals surface area contributed by atoms with Gasteiger partial charge in [-0.25, -0.2) is 0 Å². The zero-order valence-corrected chi connectivity index (χ0v) is 7.35. The predicted octanol–water partition coefficient (Wildman–Crippen LogP) is 0.824. The van der Waals surface area contributed by atoms with Gasteiger partial charge < -0.3 is 10.4 Å². The molecule has 3 nitrogen and oxygen atoms in total. The average molecular weight is 199 g/mol. The third-order valence-corrected chi connectivity index (χ3v) is 1.33. The Labute approximate surface area is 73.9 Å². The molecule has 2 N–H and O–H groups in total. The zero-order valence-electron chi connectivity index (χ0n) is 7.35. The topological polar surface area (TPSA) is 49.3 Å². The smallest absolute Gasteiger partial charge is 0.393 e. The lowest BCUT2D eigenvalue weighted by Gasteiger charge is -2.16. The minimum atomic E-state index is -4.85. The lowest BCUT2D eigenvalue weighted by Crippen LogP contribution is -2.42. The van der Waals surface area contributed by atoms with Gasteiger partial charge in [-0.05, 0) is 20.3 Å². The molecule has 6 heteroatoms. The second-order valence-electron chi connectivity index (χ2n) is 2.96. The van der Waals surface area contributed by atoms with Crippen molar-refractivity contribution >= 4 is 5.91 Å². The number of carbonyl (C=O) groups excluding carboxylic acids is 1. The van der Waals surface area contributed by atoms with Crippen LogP contribution in [0.3, 0.4) is 0 Å². The van der Waals surface area contributed by atoms with E-state index in [-0.39, 0.29) is 6.42 Å². The number of carbonyl (C=O) groups is 1. The van der Waals surface area contributed by atoms with E-state index in [1.807, 2.05) is 0 Å². The number of hydrogen-bond donors (Lipinski definition) is 2. The summed E-state index contributed by atoms with van der Waals surface area (Å²) in [5.74, 6) is -1.97. The molecule has 0 aliphatic heterocycles. The van der Waals surface area contributed by atoms with Gasteiger partial charge >= 0.3 is 12.1 Å². The molecule has 0 fully saturated rings. The van der Waals surface area contributed by atoms with Crippen LogP contribution >= 0.6 is 0 Å². The number of aliphatic hydroxyl groups is 1. The van der Waals surface area contributed by atoms with Gasteiger partial charge in [0.15, 0.2) is 0 Å². The Morgan fingerprint density at radius 1 is 1.46 bits per heavy atom. The van der Waals surface area contributed by atoms with Gasteiger partial charge in [-0.3, -0.25) is 4.79 Å². The van der Waals surface area contributed by atoms with Gasteiger partial charge in [0.2, 0.25) is 0 Å². The van der Waals surface area contributed by atoms with Crippen molar-refractivity contribution in [2.24, 2.45) is 0 Å². The summed E-state index contributed by atoms with van der Waals surface area (Å²) in [6, 6.07) is -0.686. The molecule has 0 radical (unpaired) electrons. The molecule has 0 rings (SSSR count). The highest BCUT2D eigenvalue weighted by Crippen LogP contribution is 2.14. The Balaban J connectivity index is 3.93. The van der Waals surface area contributed by atoms with Gasteiger partial charge in [-0.2, -0.15) is 13.2 Å². The molecule has 2 atom stereocenters. The van der Waals surface area contributed by atoms with E-state index in [1.54, 1.807) is 5.32 Å². The van der Waals surface area contributed by atoms with Crippen molar-refractivity contribution < 1.29 is 23.1 Å². The van der Waals surface area contributed by atoms with E-state index in [9.17, 15) is 18.0 Å². The quantitative estimate of drug-likeness (QED) is 0.707. The summed E-state index contributed by atoms with van der Waals surface area (Å²) < 4.78 is 35.0. The van der Waals surface area contributed by atoms with E-state index >= 15 is 0 Å². The standard InChI is InChI=1S/C7H12F3NO2/c1-4(3-5(2)12)11-6(13)7(8,9)10/h4-5,12H,3H2,1-2H3,(H,11,13). The summed E-state index contributed by atoms with van der Waals surface area (Å²) in [7, 11) is 0. The molecule has 0 aromatic carbocycles. The zero-order chi connectivity index (χ0) is 10.6. The van der Waals surface area contributed by atoms with Gasteiger partial charge in [0.1, 0.15) is 0 Å². The molecule has 0 bridgehead atoms. The number of nitrogens with one attached hydrogen (secondary N) is 1. The fourth-order valence-corrected chi connectivity index (χ4v) is 0.876. The molecule has 0 aliphatic rings. The van der Waals surface area contributed by atoms with Crippen molar-refractivity contribution in [1.82, 2.24) is 5.32 Å². The maximum absolute atomic E-state index is 11.7. The summed E-state index contributed by atoms with van der Waals surface area (Å²) in [4.78, 5) is 10.3. The van der Waals surface area contributed by atoms with Gasteiger partial charge in [0, 0.05) is 6.04 Å². The lowest BCUT2D eigenvalue weighted by atomic mass is 10.1.